The number of para-hydroxylation sites is 2. The number of ether oxygens (including phenoxy) is 2. The van der Waals surface area contributed by atoms with Crippen LogP contribution in [0.1, 0.15) is 6.92 Å². The van der Waals surface area contributed by atoms with Crippen molar-refractivity contribution >= 4 is 0 Å². The van der Waals surface area contributed by atoms with Crippen LogP contribution >= 0.6 is 0 Å². The Labute approximate surface area is 77.5 Å². The van der Waals surface area contributed by atoms with Crippen molar-refractivity contribution in [3.8, 4) is 17.6 Å². The number of benzene rings is 1. The molecule has 3 heteroatoms. The Morgan fingerprint density at radius 2 is 1.92 bits per heavy atom. The Morgan fingerprint density at radius 1 is 1.31 bits per heavy atom. The Morgan fingerprint density at radius 3 is 2.46 bits per heavy atom. The predicted molar refractivity (Wildman–Crippen MR) is 48.7 cm³/mol. The normalized spacial score (nSPS) is 11.5. The lowest BCUT2D eigenvalue weighted by Crippen LogP contribution is -2.08. The zero-order valence-electron chi connectivity index (χ0n) is 7.65. The van der Waals surface area contributed by atoms with Crippen molar-refractivity contribution in [2.75, 3.05) is 7.11 Å². The van der Waals surface area contributed by atoms with Gasteiger partial charge in [0.25, 0.3) is 0 Å². The molecule has 3 nitrogen and oxygen atoms in total. The fourth-order valence-electron chi connectivity index (χ4n) is 0.933. The summed E-state index contributed by atoms with van der Waals surface area (Å²) in [5.74, 6) is 1.24. The van der Waals surface area contributed by atoms with Gasteiger partial charge in [-0.1, -0.05) is 12.1 Å². The number of hydrogen-bond donors (Lipinski definition) is 0. The molecule has 0 amide bonds. The van der Waals surface area contributed by atoms with Crippen LogP contribution in [0.15, 0.2) is 24.3 Å². The van der Waals surface area contributed by atoms with E-state index >= 15 is 0 Å². The van der Waals surface area contributed by atoms with Gasteiger partial charge in [0.15, 0.2) is 17.6 Å². The second kappa shape index (κ2) is 4.36. The summed E-state index contributed by atoms with van der Waals surface area (Å²) in [6, 6.07) is 9.23. The SMILES string of the molecule is COc1ccccc1OC(C)C#N. The van der Waals surface area contributed by atoms with Crippen molar-refractivity contribution in [3.05, 3.63) is 24.3 Å². The number of nitrogens with zero attached hydrogens (tertiary/aromatic N) is 1. The molecule has 0 aliphatic carbocycles. The van der Waals surface area contributed by atoms with Crippen LogP contribution in [0.5, 0.6) is 11.5 Å². The van der Waals surface area contributed by atoms with Gasteiger partial charge in [-0.05, 0) is 19.1 Å². The van der Waals surface area contributed by atoms with Crippen LogP contribution in [0.4, 0.5) is 0 Å². The van der Waals surface area contributed by atoms with Crippen LogP contribution < -0.4 is 9.47 Å². The minimum atomic E-state index is -0.462. The summed E-state index contributed by atoms with van der Waals surface area (Å²) in [4.78, 5) is 0. The summed E-state index contributed by atoms with van der Waals surface area (Å²) < 4.78 is 10.4. The maximum absolute atomic E-state index is 8.54. The van der Waals surface area contributed by atoms with Gasteiger partial charge in [-0.3, -0.25) is 0 Å². The summed E-state index contributed by atoms with van der Waals surface area (Å²) in [5.41, 5.74) is 0. The highest BCUT2D eigenvalue weighted by Gasteiger charge is 2.06. The predicted octanol–water partition coefficient (Wildman–Crippen LogP) is 1.99. The van der Waals surface area contributed by atoms with Crippen molar-refractivity contribution in [3.63, 3.8) is 0 Å². The number of methoxy groups -OCH3 is 1. The van der Waals surface area contributed by atoms with Gasteiger partial charge in [-0.25, -0.2) is 0 Å². The molecule has 0 saturated carbocycles. The molecule has 1 rings (SSSR count). The van der Waals surface area contributed by atoms with Gasteiger partial charge in [0.1, 0.15) is 6.07 Å². The molecule has 0 bridgehead atoms. The van der Waals surface area contributed by atoms with E-state index in [2.05, 4.69) is 0 Å². The van der Waals surface area contributed by atoms with Crippen molar-refractivity contribution in [1.82, 2.24) is 0 Å². The van der Waals surface area contributed by atoms with Gasteiger partial charge < -0.3 is 9.47 Å². The van der Waals surface area contributed by atoms with Crippen molar-refractivity contribution in [1.29, 1.82) is 5.26 Å². The van der Waals surface area contributed by atoms with E-state index in [1.807, 2.05) is 18.2 Å². The quantitative estimate of drug-likeness (QED) is 0.709. The molecule has 0 fully saturated rings. The first kappa shape index (κ1) is 9.40. The van der Waals surface area contributed by atoms with Crippen molar-refractivity contribution in [2.45, 2.75) is 13.0 Å². The van der Waals surface area contributed by atoms with Crippen LogP contribution in [0.3, 0.4) is 0 Å². The number of rotatable bonds is 3. The molecule has 1 atom stereocenters. The third-order valence-electron chi connectivity index (χ3n) is 1.55. The number of nitriles is 1. The molecule has 13 heavy (non-hydrogen) atoms. The lowest BCUT2D eigenvalue weighted by molar-refractivity contribution is 0.260. The molecule has 1 unspecified atom stereocenters. The molecule has 0 aliphatic rings. The molecule has 1 aromatic rings. The van der Waals surface area contributed by atoms with E-state index in [1.165, 1.54) is 0 Å². The standard InChI is InChI=1S/C10H11NO2/c1-8(7-11)13-10-6-4-3-5-9(10)12-2/h3-6,8H,1-2H3. The average Bonchev–Trinajstić information content (AvgIpc) is 2.18. The zero-order valence-corrected chi connectivity index (χ0v) is 7.65. The summed E-state index contributed by atoms with van der Waals surface area (Å²) in [6.07, 6.45) is -0.462. The molecule has 0 saturated heterocycles. The second-order valence-electron chi connectivity index (χ2n) is 2.54. The third-order valence-corrected chi connectivity index (χ3v) is 1.55. The highest BCUT2D eigenvalue weighted by Crippen LogP contribution is 2.26. The maximum atomic E-state index is 8.54. The van der Waals surface area contributed by atoms with Gasteiger partial charge in [0, 0.05) is 0 Å². The van der Waals surface area contributed by atoms with Gasteiger partial charge >= 0.3 is 0 Å². The molecular formula is C10H11NO2. The molecular weight excluding hydrogens is 166 g/mol. The smallest absolute Gasteiger partial charge is 0.181 e. The summed E-state index contributed by atoms with van der Waals surface area (Å²) in [7, 11) is 1.57. The van der Waals surface area contributed by atoms with E-state index in [9.17, 15) is 0 Å². The van der Waals surface area contributed by atoms with E-state index in [-0.39, 0.29) is 0 Å². The van der Waals surface area contributed by atoms with Gasteiger partial charge in [0.2, 0.25) is 0 Å². The van der Waals surface area contributed by atoms with Crippen LogP contribution in [0.2, 0.25) is 0 Å². The Hall–Kier alpha value is -1.69. The first-order valence-electron chi connectivity index (χ1n) is 3.97. The third kappa shape index (κ3) is 2.38. The maximum Gasteiger partial charge on any atom is 0.181 e. The fraction of sp³-hybridized carbons (Fsp3) is 0.300. The van der Waals surface area contributed by atoms with Crippen LogP contribution in [0.25, 0.3) is 0 Å². The highest BCUT2D eigenvalue weighted by atomic mass is 16.5. The fourth-order valence-corrected chi connectivity index (χ4v) is 0.933. The van der Waals surface area contributed by atoms with E-state index in [4.69, 9.17) is 14.7 Å². The Kier molecular flexibility index (Phi) is 3.15. The molecule has 0 aliphatic heterocycles. The molecule has 0 heterocycles. The average molecular weight is 177 g/mol. The first-order chi connectivity index (χ1) is 6.27. The van der Waals surface area contributed by atoms with Gasteiger partial charge in [-0.15, -0.1) is 0 Å². The lowest BCUT2D eigenvalue weighted by atomic mass is 10.3. The first-order valence-corrected chi connectivity index (χ1v) is 3.97. The Balaban J connectivity index is 2.82. The largest absolute Gasteiger partial charge is 0.493 e. The highest BCUT2D eigenvalue weighted by molar-refractivity contribution is 5.39. The topological polar surface area (TPSA) is 42.2 Å². The van der Waals surface area contributed by atoms with E-state index in [0.717, 1.165) is 0 Å². The van der Waals surface area contributed by atoms with E-state index in [0.29, 0.717) is 11.5 Å². The van der Waals surface area contributed by atoms with E-state index < -0.39 is 6.10 Å². The molecule has 0 spiro atoms. The number of hydrogen-bond acceptors (Lipinski definition) is 3. The summed E-state index contributed by atoms with van der Waals surface area (Å²) in [5, 5.41) is 8.54. The molecule has 0 aromatic heterocycles. The Bertz CT molecular complexity index is 317. The van der Waals surface area contributed by atoms with Crippen molar-refractivity contribution < 1.29 is 9.47 Å². The molecule has 68 valence electrons. The molecule has 0 N–H and O–H groups in total. The zero-order chi connectivity index (χ0) is 9.68. The van der Waals surface area contributed by atoms with E-state index in [1.54, 1.807) is 26.2 Å². The monoisotopic (exact) mass is 177 g/mol. The van der Waals surface area contributed by atoms with Crippen LogP contribution in [0, 0.1) is 11.3 Å². The molecule has 1 aromatic carbocycles. The lowest BCUT2D eigenvalue weighted by Gasteiger charge is -2.10. The molecule has 0 radical (unpaired) electrons. The van der Waals surface area contributed by atoms with Gasteiger partial charge in [0.05, 0.1) is 7.11 Å². The summed E-state index contributed by atoms with van der Waals surface area (Å²) >= 11 is 0. The second-order valence-corrected chi connectivity index (χ2v) is 2.54. The summed E-state index contributed by atoms with van der Waals surface area (Å²) in [6.45, 7) is 1.69. The van der Waals surface area contributed by atoms with Crippen LogP contribution in [-0.2, 0) is 0 Å². The minimum Gasteiger partial charge on any atom is -0.493 e. The van der Waals surface area contributed by atoms with Crippen molar-refractivity contribution in [2.24, 2.45) is 0 Å². The van der Waals surface area contributed by atoms with Crippen LogP contribution in [-0.4, -0.2) is 13.2 Å². The minimum absolute atomic E-state index is 0.462. The van der Waals surface area contributed by atoms with Gasteiger partial charge in [-0.2, -0.15) is 5.26 Å².